The van der Waals surface area contributed by atoms with E-state index < -0.39 is 0 Å². The Kier molecular flexibility index (Phi) is 7.29. The fourth-order valence-corrected chi connectivity index (χ4v) is 3.88. The van der Waals surface area contributed by atoms with Gasteiger partial charge in [0, 0.05) is 31.9 Å². The molecule has 1 unspecified atom stereocenters. The van der Waals surface area contributed by atoms with Gasteiger partial charge >= 0.3 is 0 Å². The number of ether oxygens (including phenoxy) is 2. The Morgan fingerprint density at radius 1 is 1.14 bits per heavy atom. The molecule has 150 valence electrons. The second-order valence-electron chi connectivity index (χ2n) is 7.46. The molecule has 0 radical (unpaired) electrons. The molecule has 1 amide bonds. The van der Waals surface area contributed by atoms with E-state index in [1.807, 2.05) is 29.3 Å². The highest BCUT2D eigenvalue weighted by Crippen LogP contribution is 2.30. The molecule has 1 fully saturated rings. The van der Waals surface area contributed by atoms with Crippen LogP contribution in [0.4, 0.5) is 0 Å². The highest BCUT2D eigenvalue weighted by atomic mass is 16.5. The summed E-state index contributed by atoms with van der Waals surface area (Å²) in [7, 11) is 3.31. The smallest absolute Gasteiger partial charge is 0.222 e. The van der Waals surface area contributed by atoms with Crippen molar-refractivity contribution in [3.8, 4) is 11.5 Å². The summed E-state index contributed by atoms with van der Waals surface area (Å²) in [6.07, 6.45) is 9.32. The lowest BCUT2D eigenvalue weighted by atomic mass is 9.98. The summed E-state index contributed by atoms with van der Waals surface area (Å²) >= 11 is 0. The molecule has 0 N–H and O–H groups in total. The molecule has 5 nitrogen and oxygen atoms in total. The Labute approximate surface area is 167 Å². The summed E-state index contributed by atoms with van der Waals surface area (Å²) in [6, 6.07) is 10.1. The van der Waals surface area contributed by atoms with Gasteiger partial charge in [-0.1, -0.05) is 12.1 Å². The Hall–Kier alpha value is -2.56. The molecule has 0 aliphatic carbocycles. The molecule has 0 spiro atoms. The van der Waals surface area contributed by atoms with Crippen molar-refractivity contribution in [1.29, 1.82) is 0 Å². The van der Waals surface area contributed by atoms with Gasteiger partial charge < -0.3 is 14.4 Å². The Balaban J connectivity index is 1.41. The standard InChI is InChI=1S/C23H30N2O3/c1-27-21-10-9-19(15-22(21)28-2)14-20-11-13-25(17-20)23(26)8-4-3-6-18-7-5-12-24-16-18/h5,7,9-10,12,15-16,20H,3-4,6,8,11,13-14,17H2,1-2H3. The number of hydrogen-bond acceptors (Lipinski definition) is 4. The van der Waals surface area contributed by atoms with Crippen molar-refractivity contribution in [2.45, 2.75) is 38.5 Å². The number of amides is 1. The van der Waals surface area contributed by atoms with Crippen molar-refractivity contribution in [2.24, 2.45) is 5.92 Å². The van der Waals surface area contributed by atoms with Crippen molar-refractivity contribution < 1.29 is 14.3 Å². The van der Waals surface area contributed by atoms with Crippen molar-refractivity contribution in [1.82, 2.24) is 9.88 Å². The van der Waals surface area contributed by atoms with Crippen LogP contribution in [-0.2, 0) is 17.6 Å². The topological polar surface area (TPSA) is 51.7 Å². The van der Waals surface area contributed by atoms with E-state index in [-0.39, 0.29) is 0 Å². The summed E-state index contributed by atoms with van der Waals surface area (Å²) in [4.78, 5) is 18.7. The van der Waals surface area contributed by atoms with Gasteiger partial charge in [0.2, 0.25) is 5.91 Å². The molecule has 1 aromatic heterocycles. The molecule has 0 saturated carbocycles. The van der Waals surface area contributed by atoms with Gasteiger partial charge in [0.15, 0.2) is 11.5 Å². The molecular weight excluding hydrogens is 352 g/mol. The number of unbranched alkanes of at least 4 members (excludes halogenated alkanes) is 1. The van der Waals surface area contributed by atoms with Crippen LogP contribution >= 0.6 is 0 Å². The van der Waals surface area contributed by atoms with Gasteiger partial charge in [-0.25, -0.2) is 0 Å². The summed E-state index contributed by atoms with van der Waals surface area (Å²) in [6.45, 7) is 1.73. The summed E-state index contributed by atoms with van der Waals surface area (Å²) in [5, 5.41) is 0. The predicted octanol–water partition coefficient (Wildman–Crippen LogP) is 3.90. The maximum Gasteiger partial charge on any atom is 0.222 e. The molecule has 1 aliphatic heterocycles. The first-order chi connectivity index (χ1) is 13.7. The third-order valence-electron chi connectivity index (χ3n) is 5.44. The third-order valence-corrected chi connectivity index (χ3v) is 5.44. The molecule has 1 aromatic carbocycles. The number of benzene rings is 1. The highest BCUT2D eigenvalue weighted by Gasteiger charge is 2.26. The molecular formula is C23H30N2O3. The molecule has 1 aliphatic rings. The molecule has 5 heteroatoms. The van der Waals surface area contributed by atoms with E-state index in [1.54, 1.807) is 20.4 Å². The normalized spacial score (nSPS) is 16.2. The molecule has 0 bridgehead atoms. The summed E-state index contributed by atoms with van der Waals surface area (Å²) in [5.74, 6) is 2.32. The Morgan fingerprint density at radius 3 is 2.75 bits per heavy atom. The number of aromatic nitrogens is 1. The zero-order valence-electron chi connectivity index (χ0n) is 16.9. The second-order valence-corrected chi connectivity index (χ2v) is 7.46. The number of methoxy groups -OCH3 is 2. The maximum absolute atomic E-state index is 12.5. The van der Waals surface area contributed by atoms with Crippen LogP contribution in [0.15, 0.2) is 42.7 Å². The van der Waals surface area contributed by atoms with Crippen LogP contribution in [-0.4, -0.2) is 43.1 Å². The number of carbonyl (C=O) groups is 1. The lowest BCUT2D eigenvalue weighted by Crippen LogP contribution is -2.28. The lowest BCUT2D eigenvalue weighted by Gasteiger charge is -2.17. The molecule has 1 atom stereocenters. The molecule has 1 saturated heterocycles. The molecule has 2 aromatic rings. The first-order valence-electron chi connectivity index (χ1n) is 10.1. The van der Waals surface area contributed by atoms with Gasteiger partial charge in [-0.05, 0) is 67.3 Å². The Bertz CT molecular complexity index is 764. The zero-order valence-corrected chi connectivity index (χ0v) is 16.9. The van der Waals surface area contributed by atoms with E-state index in [0.717, 1.165) is 56.7 Å². The van der Waals surface area contributed by atoms with Crippen molar-refractivity contribution >= 4 is 5.91 Å². The summed E-state index contributed by atoms with van der Waals surface area (Å²) in [5.41, 5.74) is 2.47. The van der Waals surface area contributed by atoms with Gasteiger partial charge in [0.1, 0.15) is 0 Å². The maximum atomic E-state index is 12.5. The quantitative estimate of drug-likeness (QED) is 0.617. The number of aryl methyl sites for hydroxylation is 1. The third kappa shape index (κ3) is 5.47. The largest absolute Gasteiger partial charge is 0.493 e. The van der Waals surface area contributed by atoms with Crippen molar-refractivity contribution in [2.75, 3.05) is 27.3 Å². The van der Waals surface area contributed by atoms with Crippen LogP contribution in [0, 0.1) is 5.92 Å². The van der Waals surface area contributed by atoms with Crippen LogP contribution in [0.5, 0.6) is 11.5 Å². The zero-order chi connectivity index (χ0) is 19.8. The number of carbonyl (C=O) groups excluding carboxylic acids is 1. The van der Waals surface area contributed by atoms with E-state index in [9.17, 15) is 4.79 Å². The van der Waals surface area contributed by atoms with E-state index in [2.05, 4.69) is 17.1 Å². The summed E-state index contributed by atoms with van der Waals surface area (Å²) < 4.78 is 10.7. The van der Waals surface area contributed by atoms with Crippen LogP contribution in [0.25, 0.3) is 0 Å². The van der Waals surface area contributed by atoms with Gasteiger partial charge in [-0.15, -0.1) is 0 Å². The van der Waals surface area contributed by atoms with Crippen molar-refractivity contribution in [3.05, 3.63) is 53.9 Å². The SMILES string of the molecule is COc1ccc(CC2CCN(C(=O)CCCCc3cccnc3)C2)cc1OC. The van der Waals surface area contributed by atoms with Crippen LogP contribution in [0.3, 0.4) is 0 Å². The van der Waals surface area contributed by atoms with E-state index in [1.165, 1.54) is 11.1 Å². The second kappa shape index (κ2) is 10.1. The highest BCUT2D eigenvalue weighted by molar-refractivity contribution is 5.76. The van der Waals surface area contributed by atoms with Crippen LogP contribution in [0.2, 0.25) is 0 Å². The fourth-order valence-electron chi connectivity index (χ4n) is 3.88. The van der Waals surface area contributed by atoms with Gasteiger partial charge in [-0.3, -0.25) is 9.78 Å². The average Bonchev–Trinajstić information content (AvgIpc) is 3.20. The lowest BCUT2D eigenvalue weighted by molar-refractivity contribution is -0.130. The van der Waals surface area contributed by atoms with Crippen LogP contribution < -0.4 is 9.47 Å². The van der Waals surface area contributed by atoms with Gasteiger partial charge in [0.25, 0.3) is 0 Å². The molecule has 2 heterocycles. The molecule has 28 heavy (non-hydrogen) atoms. The number of pyridine rings is 1. The monoisotopic (exact) mass is 382 g/mol. The number of rotatable bonds is 9. The fraction of sp³-hybridized carbons (Fsp3) is 0.478. The number of likely N-dealkylation sites (tertiary alicyclic amines) is 1. The minimum atomic E-state index is 0.293. The van der Waals surface area contributed by atoms with E-state index >= 15 is 0 Å². The minimum Gasteiger partial charge on any atom is -0.493 e. The predicted molar refractivity (Wildman–Crippen MR) is 110 cm³/mol. The number of hydrogen-bond donors (Lipinski definition) is 0. The van der Waals surface area contributed by atoms with Gasteiger partial charge in [-0.2, -0.15) is 0 Å². The number of nitrogens with zero attached hydrogens (tertiary/aromatic N) is 2. The molecule has 3 rings (SSSR count). The van der Waals surface area contributed by atoms with Crippen molar-refractivity contribution in [3.63, 3.8) is 0 Å². The minimum absolute atomic E-state index is 0.293. The Morgan fingerprint density at radius 2 is 2.00 bits per heavy atom. The first kappa shape index (κ1) is 20.2. The van der Waals surface area contributed by atoms with Gasteiger partial charge in [0.05, 0.1) is 14.2 Å². The van der Waals surface area contributed by atoms with E-state index in [4.69, 9.17) is 9.47 Å². The first-order valence-corrected chi connectivity index (χ1v) is 10.1. The average molecular weight is 383 g/mol. The van der Waals surface area contributed by atoms with E-state index in [0.29, 0.717) is 18.2 Å². The van der Waals surface area contributed by atoms with Crippen LogP contribution in [0.1, 0.15) is 36.8 Å².